The van der Waals surface area contributed by atoms with Crippen molar-refractivity contribution >= 4 is 37.7 Å². The highest BCUT2D eigenvalue weighted by Gasteiger charge is 2.31. The maximum Gasteiger partial charge on any atom is 0.152 e. The Hall–Kier alpha value is -0.880. The normalized spacial score (nSPS) is 21.8. The fraction of sp³-hybridized carbons (Fsp3) is 0.417. The highest BCUT2D eigenvalue weighted by atomic mass is 79.9. The number of carbonyl (C=O) groups excluding carboxylic acids is 1. The lowest BCUT2D eigenvalue weighted by atomic mass is 10.1. The van der Waals surface area contributed by atoms with Gasteiger partial charge in [0.1, 0.15) is 0 Å². The molecule has 1 aliphatic heterocycles. The summed E-state index contributed by atoms with van der Waals surface area (Å²) in [7, 11) is -1.09. The molecule has 18 heavy (non-hydrogen) atoms. The molecule has 1 atom stereocenters. The van der Waals surface area contributed by atoms with Gasteiger partial charge >= 0.3 is 0 Å². The summed E-state index contributed by atoms with van der Waals surface area (Å²) in [5.41, 5.74) is 1.34. The van der Waals surface area contributed by atoms with E-state index in [1.807, 2.05) is 18.0 Å². The summed E-state index contributed by atoms with van der Waals surface area (Å²) in [6, 6.07) is 5.32. The van der Waals surface area contributed by atoms with E-state index in [1.165, 1.54) is 0 Å². The van der Waals surface area contributed by atoms with E-state index >= 15 is 0 Å². The lowest BCUT2D eigenvalue weighted by Gasteiger charge is -2.27. The first kappa shape index (κ1) is 13.5. The summed E-state index contributed by atoms with van der Waals surface area (Å²) in [5, 5.41) is 0. The first-order chi connectivity index (χ1) is 8.43. The second-order valence-corrected chi connectivity index (χ2v) is 7.63. The van der Waals surface area contributed by atoms with Crippen LogP contribution in [-0.4, -0.2) is 39.3 Å². The Kier molecular flexibility index (Phi) is 3.77. The predicted molar refractivity (Wildman–Crippen MR) is 75.0 cm³/mol. The van der Waals surface area contributed by atoms with E-state index in [0.29, 0.717) is 12.0 Å². The van der Waals surface area contributed by atoms with Crippen LogP contribution in [0.5, 0.6) is 0 Å². The van der Waals surface area contributed by atoms with E-state index in [0.717, 1.165) is 16.4 Å². The minimum absolute atomic E-state index is 0.0528. The molecule has 1 aliphatic rings. The van der Waals surface area contributed by atoms with Crippen molar-refractivity contribution in [1.29, 1.82) is 0 Å². The zero-order chi connectivity index (χ0) is 13.3. The van der Waals surface area contributed by atoms with Gasteiger partial charge in [0.2, 0.25) is 0 Å². The number of sulfone groups is 1. The molecule has 4 nitrogen and oxygen atoms in total. The van der Waals surface area contributed by atoms with Gasteiger partial charge in [-0.3, -0.25) is 4.79 Å². The quantitative estimate of drug-likeness (QED) is 0.793. The minimum atomic E-state index is -2.92. The molecule has 0 aromatic heterocycles. The lowest BCUT2D eigenvalue weighted by Crippen LogP contribution is -2.33. The standard InChI is InChI=1S/C12H14BrNO3S/c1-14(11-4-5-18(16,17)8-11)12-6-10(13)3-2-9(12)7-15/h2-3,6-7,11H,4-5,8H2,1H3. The van der Waals surface area contributed by atoms with Crippen molar-refractivity contribution in [2.24, 2.45) is 0 Å². The molecular formula is C12H14BrNO3S. The monoisotopic (exact) mass is 331 g/mol. The predicted octanol–water partition coefficient (Wildman–Crippen LogP) is 1.88. The number of hydrogen-bond acceptors (Lipinski definition) is 4. The Morgan fingerprint density at radius 2 is 2.17 bits per heavy atom. The van der Waals surface area contributed by atoms with Gasteiger partial charge in [-0.25, -0.2) is 8.42 Å². The largest absolute Gasteiger partial charge is 0.370 e. The van der Waals surface area contributed by atoms with Crippen molar-refractivity contribution in [3.63, 3.8) is 0 Å². The van der Waals surface area contributed by atoms with E-state index in [9.17, 15) is 13.2 Å². The molecule has 1 saturated heterocycles. The second kappa shape index (κ2) is 5.01. The van der Waals surface area contributed by atoms with Crippen LogP contribution in [0.2, 0.25) is 0 Å². The van der Waals surface area contributed by atoms with Crippen LogP contribution in [0.15, 0.2) is 22.7 Å². The zero-order valence-electron chi connectivity index (χ0n) is 9.97. The smallest absolute Gasteiger partial charge is 0.152 e. The van der Waals surface area contributed by atoms with Crippen molar-refractivity contribution in [3.05, 3.63) is 28.2 Å². The molecule has 1 unspecified atom stereocenters. The van der Waals surface area contributed by atoms with Crippen molar-refractivity contribution in [2.75, 3.05) is 23.5 Å². The molecule has 1 aromatic rings. The Morgan fingerprint density at radius 3 is 2.72 bits per heavy atom. The van der Waals surface area contributed by atoms with Crippen molar-refractivity contribution in [3.8, 4) is 0 Å². The maximum absolute atomic E-state index is 11.5. The fourth-order valence-corrected chi connectivity index (χ4v) is 4.32. The van der Waals surface area contributed by atoms with E-state index in [-0.39, 0.29) is 17.5 Å². The highest BCUT2D eigenvalue weighted by molar-refractivity contribution is 9.10. The number of hydrogen-bond donors (Lipinski definition) is 0. The summed E-state index contributed by atoms with van der Waals surface area (Å²) < 4.78 is 23.9. The van der Waals surface area contributed by atoms with Crippen LogP contribution >= 0.6 is 15.9 Å². The molecule has 1 heterocycles. The number of rotatable bonds is 3. The van der Waals surface area contributed by atoms with Crippen LogP contribution in [-0.2, 0) is 9.84 Å². The van der Waals surface area contributed by atoms with Crippen molar-refractivity contribution < 1.29 is 13.2 Å². The molecule has 0 amide bonds. The summed E-state index contributed by atoms with van der Waals surface area (Å²) in [5.74, 6) is 0.390. The van der Waals surface area contributed by atoms with Gasteiger partial charge in [-0.05, 0) is 24.6 Å². The third kappa shape index (κ3) is 2.75. The first-order valence-electron chi connectivity index (χ1n) is 5.61. The SMILES string of the molecule is CN(c1cc(Br)ccc1C=O)C1CCS(=O)(=O)C1. The Morgan fingerprint density at radius 1 is 1.44 bits per heavy atom. The van der Waals surface area contributed by atoms with E-state index in [2.05, 4.69) is 15.9 Å². The number of anilines is 1. The van der Waals surface area contributed by atoms with Gasteiger partial charge in [0, 0.05) is 28.8 Å². The minimum Gasteiger partial charge on any atom is -0.370 e. The third-order valence-electron chi connectivity index (χ3n) is 3.26. The van der Waals surface area contributed by atoms with E-state index in [4.69, 9.17) is 0 Å². The molecule has 98 valence electrons. The molecule has 2 rings (SSSR count). The Bertz CT molecular complexity index is 571. The Balaban J connectivity index is 2.31. The van der Waals surface area contributed by atoms with Gasteiger partial charge in [0.15, 0.2) is 16.1 Å². The van der Waals surface area contributed by atoms with Crippen molar-refractivity contribution in [2.45, 2.75) is 12.5 Å². The maximum atomic E-state index is 11.5. The molecule has 1 fully saturated rings. The van der Waals surface area contributed by atoms with Gasteiger partial charge < -0.3 is 4.90 Å². The van der Waals surface area contributed by atoms with Crippen LogP contribution < -0.4 is 4.90 Å². The molecule has 0 radical (unpaired) electrons. The summed E-state index contributed by atoms with van der Waals surface area (Å²) in [6.07, 6.45) is 1.41. The van der Waals surface area contributed by atoms with Gasteiger partial charge in [-0.1, -0.05) is 15.9 Å². The van der Waals surface area contributed by atoms with Crippen LogP contribution in [0, 0.1) is 0 Å². The molecule has 1 aromatic carbocycles. The zero-order valence-corrected chi connectivity index (χ0v) is 12.4. The fourth-order valence-electron chi connectivity index (χ4n) is 2.20. The summed E-state index contributed by atoms with van der Waals surface area (Å²) >= 11 is 3.36. The van der Waals surface area contributed by atoms with Crippen LogP contribution in [0.3, 0.4) is 0 Å². The molecule has 0 aliphatic carbocycles. The highest BCUT2D eigenvalue weighted by Crippen LogP contribution is 2.28. The van der Waals surface area contributed by atoms with Gasteiger partial charge in [-0.2, -0.15) is 0 Å². The molecular weight excluding hydrogens is 318 g/mol. The number of halogens is 1. The van der Waals surface area contributed by atoms with Gasteiger partial charge in [0.25, 0.3) is 0 Å². The van der Waals surface area contributed by atoms with E-state index < -0.39 is 9.84 Å². The topological polar surface area (TPSA) is 54.5 Å². The summed E-state index contributed by atoms with van der Waals surface area (Å²) in [4.78, 5) is 12.9. The van der Waals surface area contributed by atoms with E-state index in [1.54, 1.807) is 12.1 Å². The first-order valence-corrected chi connectivity index (χ1v) is 8.22. The van der Waals surface area contributed by atoms with Crippen molar-refractivity contribution in [1.82, 2.24) is 0 Å². The lowest BCUT2D eigenvalue weighted by molar-refractivity contribution is 0.112. The number of carbonyl (C=O) groups is 1. The molecule has 6 heteroatoms. The third-order valence-corrected chi connectivity index (χ3v) is 5.50. The Labute approximate surface area is 115 Å². The van der Waals surface area contributed by atoms with Gasteiger partial charge in [-0.15, -0.1) is 0 Å². The number of nitrogens with zero attached hydrogens (tertiary/aromatic N) is 1. The second-order valence-electron chi connectivity index (χ2n) is 4.49. The molecule has 0 bridgehead atoms. The van der Waals surface area contributed by atoms with Crippen LogP contribution in [0.1, 0.15) is 16.8 Å². The molecule has 0 spiro atoms. The number of benzene rings is 1. The molecule has 0 N–H and O–H groups in total. The molecule has 0 saturated carbocycles. The summed E-state index contributed by atoms with van der Waals surface area (Å²) in [6.45, 7) is 0. The van der Waals surface area contributed by atoms with Crippen LogP contribution in [0.25, 0.3) is 0 Å². The van der Waals surface area contributed by atoms with Crippen LogP contribution in [0.4, 0.5) is 5.69 Å². The average Bonchev–Trinajstić information content (AvgIpc) is 2.68. The number of aldehydes is 1. The average molecular weight is 332 g/mol. The van der Waals surface area contributed by atoms with Gasteiger partial charge in [0.05, 0.1) is 11.5 Å².